The summed E-state index contributed by atoms with van der Waals surface area (Å²) < 4.78 is 16.4. The van der Waals surface area contributed by atoms with E-state index in [4.69, 9.17) is 14.2 Å². The highest BCUT2D eigenvalue weighted by Crippen LogP contribution is 2.32. The molecule has 1 heterocycles. The van der Waals surface area contributed by atoms with Gasteiger partial charge in [0.2, 0.25) is 6.29 Å². The van der Waals surface area contributed by atoms with Crippen LogP contribution in [0.1, 0.15) is 15.9 Å². The van der Waals surface area contributed by atoms with Crippen LogP contribution in [0, 0.1) is 0 Å². The summed E-state index contributed by atoms with van der Waals surface area (Å²) >= 11 is 0. The van der Waals surface area contributed by atoms with Crippen LogP contribution >= 0.6 is 0 Å². The number of methoxy groups -OCH3 is 1. The first-order valence-electron chi connectivity index (χ1n) is 10.8. The monoisotopic (exact) mass is 487 g/mol. The lowest BCUT2D eigenvalue weighted by molar-refractivity contribution is -0.277. The molecule has 188 valence electrons. The highest BCUT2D eigenvalue weighted by atomic mass is 16.7. The predicted molar refractivity (Wildman–Crippen MR) is 125 cm³/mol. The van der Waals surface area contributed by atoms with Crippen LogP contribution in [-0.4, -0.2) is 89.7 Å². The van der Waals surface area contributed by atoms with Gasteiger partial charge in [0.15, 0.2) is 17.3 Å². The SMILES string of the molecule is COc1cc(/C=C/C(=O)c2ccc(N=NN(C)C)cc2)ccc1O[C@H]1O[C@@H](CO)[C@H](O)[C@@H](O)[C@@H]1O. The normalized spacial score (nSPS) is 24.6. The van der Waals surface area contributed by atoms with Gasteiger partial charge in [0.1, 0.15) is 24.4 Å². The Morgan fingerprint density at radius 1 is 1.06 bits per heavy atom. The summed E-state index contributed by atoms with van der Waals surface area (Å²) in [6.45, 7) is -0.567. The van der Waals surface area contributed by atoms with Gasteiger partial charge in [0.25, 0.3) is 0 Å². The fraction of sp³-hybridized carbons (Fsp3) is 0.375. The van der Waals surface area contributed by atoms with E-state index >= 15 is 0 Å². The average Bonchev–Trinajstić information content (AvgIpc) is 2.87. The molecule has 1 aliphatic heterocycles. The van der Waals surface area contributed by atoms with Crippen LogP contribution in [0.3, 0.4) is 0 Å². The van der Waals surface area contributed by atoms with E-state index in [1.165, 1.54) is 13.2 Å². The molecule has 0 aromatic heterocycles. The molecule has 1 aliphatic rings. The van der Waals surface area contributed by atoms with Crippen molar-refractivity contribution in [3.63, 3.8) is 0 Å². The number of benzene rings is 2. The second kappa shape index (κ2) is 11.9. The number of ketones is 1. The lowest BCUT2D eigenvalue weighted by atomic mass is 9.99. The van der Waals surface area contributed by atoms with Gasteiger partial charge in [-0.05, 0) is 48.0 Å². The fourth-order valence-corrected chi connectivity index (χ4v) is 3.28. The van der Waals surface area contributed by atoms with E-state index in [1.54, 1.807) is 67.6 Å². The van der Waals surface area contributed by atoms with Crippen molar-refractivity contribution in [2.24, 2.45) is 10.3 Å². The molecule has 0 spiro atoms. The van der Waals surface area contributed by atoms with Gasteiger partial charge in [0, 0.05) is 19.7 Å². The van der Waals surface area contributed by atoms with Gasteiger partial charge < -0.3 is 34.6 Å². The number of hydrogen-bond acceptors (Lipinski definition) is 10. The number of rotatable bonds is 9. The highest BCUT2D eigenvalue weighted by Gasteiger charge is 2.44. The topological polar surface area (TPSA) is 154 Å². The molecular formula is C24H29N3O8. The minimum absolute atomic E-state index is 0.197. The van der Waals surface area contributed by atoms with E-state index in [0.29, 0.717) is 16.8 Å². The first kappa shape index (κ1) is 26.3. The average molecular weight is 488 g/mol. The van der Waals surface area contributed by atoms with Crippen molar-refractivity contribution < 1.29 is 39.4 Å². The van der Waals surface area contributed by atoms with Gasteiger partial charge in [-0.25, -0.2) is 0 Å². The Morgan fingerprint density at radius 2 is 1.77 bits per heavy atom. The number of carbonyl (C=O) groups is 1. The Morgan fingerprint density at radius 3 is 2.40 bits per heavy atom. The number of ether oxygens (including phenoxy) is 3. The number of allylic oxidation sites excluding steroid dienone is 1. The molecule has 11 heteroatoms. The van der Waals surface area contributed by atoms with Crippen molar-refractivity contribution in [3.05, 3.63) is 59.7 Å². The molecule has 1 saturated heterocycles. The smallest absolute Gasteiger partial charge is 0.229 e. The molecule has 5 atom stereocenters. The zero-order chi connectivity index (χ0) is 25.5. The second-order valence-corrected chi connectivity index (χ2v) is 8.01. The third-order valence-corrected chi connectivity index (χ3v) is 5.20. The number of nitrogens with zero attached hydrogens (tertiary/aromatic N) is 3. The second-order valence-electron chi connectivity index (χ2n) is 8.01. The molecule has 0 aliphatic carbocycles. The van der Waals surface area contributed by atoms with Gasteiger partial charge in [-0.2, -0.15) is 0 Å². The molecule has 0 amide bonds. The highest BCUT2D eigenvalue weighted by molar-refractivity contribution is 6.06. The Kier molecular flexibility index (Phi) is 8.90. The van der Waals surface area contributed by atoms with E-state index in [9.17, 15) is 25.2 Å². The van der Waals surface area contributed by atoms with Gasteiger partial charge >= 0.3 is 0 Å². The Labute approximate surface area is 202 Å². The summed E-state index contributed by atoms with van der Waals surface area (Å²) in [6.07, 6.45) is -4.00. The summed E-state index contributed by atoms with van der Waals surface area (Å²) in [5.41, 5.74) is 1.76. The van der Waals surface area contributed by atoms with Crippen LogP contribution in [0.5, 0.6) is 11.5 Å². The standard InChI is InChI=1S/C24H29N3O8/c1-27(2)26-25-16-8-6-15(7-9-16)17(29)10-4-14-5-11-18(19(12-14)33-3)34-24-23(32)22(31)21(30)20(13-28)35-24/h4-12,20-24,28,30-32H,13H2,1-3H3/b10-4+,26-25?/t20-,21-,22+,23-,24-/m0/s1. The number of aliphatic hydroxyl groups excluding tert-OH is 4. The molecule has 35 heavy (non-hydrogen) atoms. The van der Waals surface area contributed by atoms with Gasteiger partial charge in [-0.15, -0.1) is 5.11 Å². The third kappa shape index (κ3) is 6.62. The maximum absolute atomic E-state index is 12.5. The number of carbonyl (C=O) groups excluding carboxylic acids is 1. The van der Waals surface area contributed by atoms with Crippen molar-refractivity contribution in [2.45, 2.75) is 30.7 Å². The van der Waals surface area contributed by atoms with Crippen molar-refractivity contribution in [3.8, 4) is 11.5 Å². The Hall–Kier alpha value is -3.35. The molecule has 0 radical (unpaired) electrons. The van der Waals surface area contributed by atoms with Crippen LogP contribution in [0.2, 0.25) is 0 Å². The quantitative estimate of drug-likeness (QED) is 0.177. The van der Waals surface area contributed by atoms with Crippen LogP contribution in [0.25, 0.3) is 6.08 Å². The third-order valence-electron chi connectivity index (χ3n) is 5.20. The Balaban J connectivity index is 1.69. The van der Waals surface area contributed by atoms with Gasteiger partial charge in [-0.3, -0.25) is 9.80 Å². The summed E-state index contributed by atoms with van der Waals surface area (Å²) in [7, 11) is 4.94. The molecule has 2 aromatic carbocycles. The lowest BCUT2D eigenvalue weighted by Gasteiger charge is -2.39. The summed E-state index contributed by atoms with van der Waals surface area (Å²) in [4.78, 5) is 12.5. The summed E-state index contributed by atoms with van der Waals surface area (Å²) in [5.74, 6) is 0.275. The fourth-order valence-electron chi connectivity index (χ4n) is 3.28. The molecule has 0 unspecified atom stereocenters. The van der Waals surface area contributed by atoms with Crippen molar-refractivity contribution >= 4 is 17.5 Å². The van der Waals surface area contributed by atoms with Crippen LogP contribution < -0.4 is 9.47 Å². The largest absolute Gasteiger partial charge is 0.493 e. The molecule has 2 aromatic rings. The molecule has 3 rings (SSSR count). The van der Waals surface area contributed by atoms with Crippen molar-refractivity contribution in [1.82, 2.24) is 5.01 Å². The summed E-state index contributed by atoms with van der Waals surface area (Å²) in [6, 6.07) is 11.5. The van der Waals surface area contributed by atoms with Crippen LogP contribution in [0.4, 0.5) is 5.69 Å². The van der Waals surface area contributed by atoms with Crippen molar-refractivity contribution in [1.29, 1.82) is 0 Å². The summed E-state index contributed by atoms with van der Waals surface area (Å²) in [5, 5.41) is 48.8. The Bertz CT molecular complexity index is 1060. The number of hydrogen-bond donors (Lipinski definition) is 4. The molecule has 0 bridgehead atoms. The minimum atomic E-state index is -1.56. The van der Waals surface area contributed by atoms with E-state index < -0.39 is 37.3 Å². The maximum Gasteiger partial charge on any atom is 0.229 e. The lowest BCUT2D eigenvalue weighted by Crippen LogP contribution is -2.60. The molecule has 0 saturated carbocycles. The number of aliphatic hydroxyl groups is 4. The van der Waals surface area contributed by atoms with Crippen LogP contribution in [-0.2, 0) is 4.74 Å². The van der Waals surface area contributed by atoms with Crippen molar-refractivity contribution in [2.75, 3.05) is 27.8 Å². The predicted octanol–water partition coefficient (Wildman–Crippen LogP) is 1.33. The van der Waals surface area contributed by atoms with E-state index in [1.807, 2.05) is 0 Å². The molecule has 4 N–H and O–H groups in total. The molecule has 11 nitrogen and oxygen atoms in total. The zero-order valence-corrected chi connectivity index (χ0v) is 19.6. The first-order chi connectivity index (χ1) is 16.7. The maximum atomic E-state index is 12.5. The van der Waals surface area contributed by atoms with Gasteiger partial charge in [0.05, 0.1) is 19.4 Å². The minimum Gasteiger partial charge on any atom is -0.493 e. The molecular weight excluding hydrogens is 458 g/mol. The zero-order valence-electron chi connectivity index (χ0n) is 19.6. The van der Waals surface area contributed by atoms with E-state index in [0.717, 1.165) is 0 Å². The van der Waals surface area contributed by atoms with Crippen LogP contribution in [0.15, 0.2) is 58.9 Å². The van der Waals surface area contributed by atoms with E-state index in [2.05, 4.69) is 10.3 Å². The van der Waals surface area contributed by atoms with Gasteiger partial charge in [-0.1, -0.05) is 17.4 Å². The molecule has 1 fully saturated rings. The van der Waals surface area contributed by atoms with E-state index in [-0.39, 0.29) is 17.3 Å². The first-order valence-corrected chi connectivity index (χ1v) is 10.8.